The van der Waals surface area contributed by atoms with Gasteiger partial charge in [-0.1, -0.05) is 41.6 Å². The largest absolute Gasteiger partial charge is 0.449 e. The summed E-state index contributed by atoms with van der Waals surface area (Å²) >= 11 is 1.82. The van der Waals surface area contributed by atoms with Crippen LogP contribution in [0.5, 0.6) is 0 Å². The van der Waals surface area contributed by atoms with Crippen LogP contribution >= 0.6 is 11.8 Å². The number of ether oxygens (including phenoxy) is 5. The smallest absolute Gasteiger partial charge is 0.309 e. The summed E-state index contributed by atoms with van der Waals surface area (Å²) in [6.07, 6.45) is 0.239. The molecule has 0 unspecified atom stereocenters. The Morgan fingerprint density at radius 1 is 0.816 bits per heavy atom. The van der Waals surface area contributed by atoms with Crippen molar-refractivity contribution < 1.29 is 28.5 Å². The van der Waals surface area contributed by atoms with E-state index in [2.05, 4.69) is 66.1 Å². The maximum atomic E-state index is 12.1. The standard InChI is InChI=1S/C29H42N2O6S/c1-24-8-9-27(25(2)22-24)38-28-7-5-4-6-26(28)31-13-11-30(12-14-31)23-37-29(32)10-15-34-18-19-36-21-20-35-17-16-33-3/h4-9,22H,10-21,23H2,1-3H3. The summed E-state index contributed by atoms with van der Waals surface area (Å²) in [6, 6.07) is 15.2. The molecule has 0 bridgehead atoms. The van der Waals surface area contributed by atoms with Gasteiger partial charge in [-0.3, -0.25) is 9.69 Å². The Hall–Kier alpha value is -2.14. The monoisotopic (exact) mass is 546 g/mol. The van der Waals surface area contributed by atoms with Gasteiger partial charge in [0.15, 0.2) is 0 Å². The highest BCUT2D eigenvalue weighted by atomic mass is 32.2. The molecular formula is C29H42N2O6S. The number of para-hydroxylation sites is 1. The van der Waals surface area contributed by atoms with Gasteiger partial charge >= 0.3 is 5.97 Å². The van der Waals surface area contributed by atoms with Crippen molar-refractivity contribution in [3.63, 3.8) is 0 Å². The van der Waals surface area contributed by atoms with Crippen molar-refractivity contribution in [1.82, 2.24) is 4.90 Å². The number of hydrogen-bond donors (Lipinski definition) is 0. The summed E-state index contributed by atoms with van der Waals surface area (Å²) in [5.74, 6) is -0.241. The molecule has 1 heterocycles. The highest BCUT2D eigenvalue weighted by Gasteiger charge is 2.20. The van der Waals surface area contributed by atoms with Crippen LogP contribution in [0.15, 0.2) is 52.3 Å². The van der Waals surface area contributed by atoms with Crippen LogP contribution in [-0.2, 0) is 28.5 Å². The van der Waals surface area contributed by atoms with Crippen LogP contribution < -0.4 is 4.90 Å². The molecule has 1 saturated heterocycles. The number of rotatable bonds is 17. The highest BCUT2D eigenvalue weighted by Crippen LogP contribution is 2.37. The van der Waals surface area contributed by atoms with Gasteiger partial charge in [-0.2, -0.15) is 0 Å². The molecule has 8 nitrogen and oxygen atoms in total. The number of anilines is 1. The Labute approximate surface area is 231 Å². The molecule has 0 aliphatic carbocycles. The van der Waals surface area contributed by atoms with E-state index in [1.165, 1.54) is 26.6 Å². The number of methoxy groups -OCH3 is 1. The molecule has 38 heavy (non-hydrogen) atoms. The van der Waals surface area contributed by atoms with Gasteiger partial charge in [-0.05, 0) is 37.6 Å². The van der Waals surface area contributed by atoms with Crippen molar-refractivity contribution in [3.8, 4) is 0 Å². The Bertz CT molecular complexity index is 968. The maximum absolute atomic E-state index is 12.1. The third kappa shape index (κ3) is 10.9. The summed E-state index contributed by atoms with van der Waals surface area (Å²) in [5, 5.41) is 0. The first kappa shape index (κ1) is 30.4. The van der Waals surface area contributed by atoms with Crippen LogP contribution in [0.3, 0.4) is 0 Å². The first-order chi connectivity index (χ1) is 18.6. The van der Waals surface area contributed by atoms with Crippen molar-refractivity contribution in [2.75, 3.05) is 91.2 Å². The number of esters is 1. The second-order valence-electron chi connectivity index (χ2n) is 9.17. The molecule has 1 fully saturated rings. The van der Waals surface area contributed by atoms with E-state index in [4.69, 9.17) is 23.7 Å². The van der Waals surface area contributed by atoms with Gasteiger partial charge in [-0.25, -0.2) is 0 Å². The molecule has 0 atom stereocenters. The molecule has 2 aromatic carbocycles. The van der Waals surface area contributed by atoms with Crippen LogP contribution in [0.25, 0.3) is 0 Å². The van der Waals surface area contributed by atoms with Crippen LogP contribution in [0.1, 0.15) is 17.5 Å². The Balaban J connectivity index is 1.29. The van der Waals surface area contributed by atoms with Gasteiger partial charge in [-0.15, -0.1) is 0 Å². The molecule has 1 aliphatic heterocycles. The predicted molar refractivity (Wildman–Crippen MR) is 150 cm³/mol. The van der Waals surface area contributed by atoms with E-state index < -0.39 is 0 Å². The molecular weight excluding hydrogens is 504 g/mol. The number of benzene rings is 2. The lowest BCUT2D eigenvalue weighted by Gasteiger charge is -2.36. The van der Waals surface area contributed by atoms with Crippen molar-refractivity contribution in [2.24, 2.45) is 0 Å². The minimum Gasteiger partial charge on any atom is -0.449 e. The van der Waals surface area contributed by atoms with Gasteiger partial charge in [0.2, 0.25) is 0 Å². The SMILES string of the molecule is COCCOCCOCCOCCC(=O)OCN1CCN(c2ccccc2Sc2ccc(C)cc2C)CC1. The third-order valence-electron chi connectivity index (χ3n) is 6.16. The lowest BCUT2D eigenvalue weighted by atomic mass is 10.2. The van der Waals surface area contributed by atoms with E-state index in [0.29, 0.717) is 53.0 Å². The van der Waals surface area contributed by atoms with Crippen LogP contribution in [0.2, 0.25) is 0 Å². The van der Waals surface area contributed by atoms with Gasteiger partial charge in [0.1, 0.15) is 6.73 Å². The molecule has 0 radical (unpaired) electrons. The molecule has 1 aliphatic rings. The molecule has 210 valence electrons. The zero-order chi connectivity index (χ0) is 27.0. The number of piperazine rings is 1. The van der Waals surface area contributed by atoms with E-state index in [1.54, 1.807) is 7.11 Å². The normalized spacial score (nSPS) is 14.1. The summed E-state index contributed by atoms with van der Waals surface area (Å²) in [4.78, 5) is 19.2. The van der Waals surface area contributed by atoms with Crippen LogP contribution in [0.4, 0.5) is 5.69 Å². The Kier molecular flexibility index (Phi) is 14.0. The van der Waals surface area contributed by atoms with Gasteiger partial charge < -0.3 is 28.6 Å². The predicted octanol–water partition coefficient (Wildman–Crippen LogP) is 4.16. The summed E-state index contributed by atoms with van der Waals surface area (Å²) in [5.41, 5.74) is 3.84. The van der Waals surface area contributed by atoms with E-state index in [0.717, 1.165) is 26.2 Å². The summed E-state index contributed by atoms with van der Waals surface area (Å²) in [7, 11) is 1.64. The molecule has 0 saturated carbocycles. The summed E-state index contributed by atoms with van der Waals surface area (Å²) in [6.45, 7) is 11.5. The second-order valence-corrected chi connectivity index (χ2v) is 10.3. The van der Waals surface area contributed by atoms with Gasteiger partial charge in [0.05, 0.1) is 58.4 Å². The third-order valence-corrected chi connectivity index (χ3v) is 7.41. The number of nitrogens with zero attached hydrogens (tertiary/aromatic N) is 2. The molecule has 2 aromatic rings. The van der Waals surface area contributed by atoms with E-state index in [9.17, 15) is 4.79 Å². The van der Waals surface area contributed by atoms with E-state index in [1.807, 2.05) is 11.8 Å². The first-order valence-electron chi connectivity index (χ1n) is 13.3. The molecule has 0 N–H and O–H groups in total. The quantitative estimate of drug-likeness (QED) is 0.215. The van der Waals surface area contributed by atoms with Gasteiger partial charge in [0.25, 0.3) is 0 Å². The second kappa shape index (κ2) is 17.4. The fraction of sp³-hybridized carbons (Fsp3) is 0.552. The average Bonchev–Trinajstić information content (AvgIpc) is 2.93. The van der Waals surface area contributed by atoms with Crippen LogP contribution in [0, 0.1) is 13.8 Å². The van der Waals surface area contributed by atoms with Crippen molar-refractivity contribution in [2.45, 2.75) is 30.1 Å². The van der Waals surface area contributed by atoms with E-state index in [-0.39, 0.29) is 12.4 Å². The molecule has 9 heteroatoms. The molecule has 0 aromatic heterocycles. The van der Waals surface area contributed by atoms with Crippen molar-refractivity contribution in [3.05, 3.63) is 53.6 Å². The zero-order valence-electron chi connectivity index (χ0n) is 23.0. The zero-order valence-corrected chi connectivity index (χ0v) is 23.8. The summed E-state index contributed by atoms with van der Waals surface area (Å²) < 4.78 is 26.6. The van der Waals surface area contributed by atoms with Crippen molar-refractivity contribution in [1.29, 1.82) is 0 Å². The van der Waals surface area contributed by atoms with Gasteiger partial charge in [0, 0.05) is 43.1 Å². The Morgan fingerprint density at radius 2 is 1.47 bits per heavy atom. The topological polar surface area (TPSA) is 69.7 Å². The van der Waals surface area contributed by atoms with Crippen molar-refractivity contribution >= 4 is 23.4 Å². The number of aryl methyl sites for hydroxylation is 2. The minimum atomic E-state index is -0.241. The molecule has 3 rings (SSSR count). The lowest BCUT2D eigenvalue weighted by Crippen LogP contribution is -2.47. The van der Waals surface area contributed by atoms with E-state index >= 15 is 0 Å². The molecule has 0 spiro atoms. The highest BCUT2D eigenvalue weighted by molar-refractivity contribution is 7.99. The fourth-order valence-electron chi connectivity index (χ4n) is 4.03. The molecule has 0 amide bonds. The average molecular weight is 547 g/mol. The fourth-order valence-corrected chi connectivity index (χ4v) is 5.07. The minimum absolute atomic E-state index is 0.239. The number of carbonyl (C=O) groups excluding carboxylic acids is 1. The lowest BCUT2D eigenvalue weighted by molar-refractivity contribution is -0.150. The Morgan fingerprint density at radius 3 is 2.16 bits per heavy atom. The maximum Gasteiger partial charge on any atom is 0.309 e. The number of carbonyl (C=O) groups is 1. The first-order valence-corrected chi connectivity index (χ1v) is 14.1. The van der Waals surface area contributed by atoms with Crippen LogP contribution in [-0.4, -0.2) is 97.1 Å². The number of hydrogen-bond acceptors (Lipinski definition) is 9.